The Morgan fingerprint density at radius 2 is 0.969 bits per heavy atom. The molecule has 0 aromatic heterocycles. The van der Waals surface area contributed by atoms with Crippen molar-refractivity contribution >= 4 is 11.9 Å². The van der Waals surface area contributed by atoms with Crippen molar-refractivity contribution in [2.45, 2.75) is 149 Å². The summed E-state index contributed by atoms with van der Waals surface area (Å²) in [4.78, 5) is 23.5. The van der Waals surface area contributed by atoms with E-state index in [-0.39, 0.29) is 11.9 Å². The lowest BCUT2D eigenvalue weighted by molar-refractivity contribution is -0.144. The minimum atomic E-state index is -0.0256. The van der Waals surface area contributed by atoms with Crippen LogP contribution >= 0.6 is 0 Å². The number of unbranched alkanes of at least 4 members (excludes halogenated alkanes) is 13. The Balaban J connectivity index is 3.37. The van der Waals surface area contributed by atoms with Gasteiger partial charge >= 0.3 is 11.9 Å². The first-order valence-electron chi connectivity index (χ1n) is 13.9. The third kappa shape index (κ3) is 23.6. The van der Waals surface area contributed by atoms with E-state index in [4.69, 9.17) is 9.47 Å². The zero-order valence-electron chi connectivity index (χ0n) is 21.8. The van der Waals surface area contributed by atoms with Crippen molar-refractivity contribution in [2.75, 3.05) is 13.2 Å². The molecule has 0 aliphatic carbocycles. The molecule has 0 amide bonds. The van der Waals surface area contributed by atoms with Crippen LogP contribution in [0.5, 0.6) is 0 Å². The molecule has 0 N–H and O–H groups in total. The highest BCUT2D eigenvalue weighted by Gasteiger charge is 2.08. The quantitative estimate of drug-likeness (QED) is 0.108. The van der Waals surface area contributed by atoms with E-state index in [0.29, 0.717) is 32.0 Å². The molecule has 0 rings (SSSR count). The van der Waals surface area contributed by atoms with Gasteiger partial charge in [-0.15, -0.1) is 0 Å². The molecule has 0 radical (unpaired) electrons. The number of rotatable bonds is 24. The third-order valence-electron chi connectivity index (χ3n) is 6.19. The average Bonchev–Trinajstić information content (AvgIpc) is 2.78. The van der Waals surface area contributed by atoms with Gasteiger partial charge in [-0.1, -0.05) is 111 Å². The van der Waals surface area contributed by atoms with Crippen LogP contribution in [0.3, 0.4) is 0 Å². The van der Waals surface area contributed by atoms with Gasteiger partial charge in [0.2, 0.25) is 0 Å². The van der Waals surface area contributed by atoms with Gasteiger partial charge in [-0.05, 0) is 31.6 Å². The minimum Gasteiger partial charge on any atom is -0.466 e. The van der Waals surface area contributed by atoms with E-state index in [0.717, 1.165) is 32.1 Å². The Morgan fingerprint density at radius 3 is 1.53 bits per heavy atom. The first-order valence-corrected chi connectivity index (χ1v) is 13.9. The summed E-state index contributed by atoms with van der Waals surface area (Å²) >= 11 is 0. The predicted octanol–water partition coefficient (Wildman–Crippen LogP) is 8.55. The van der Waals surface area contributed by atoms with Crippen molar-refractivity contribution in [3.05, 3.63) is 0 Å². The van der Waals surface area contributed by atoms with E-state index in [2.05, 4.69) is 20.8 Å². The van der Waals surface area contributed by atoms with Crippen molar-refractivity contribution in [1.82, 2.24) is 0 Å². The zero-order chi connectivity index (χ0) is 23.7. The van der Waals surface area contributed by atoms with Crippen LogP contribution in [-0.2, 0) is 19.1 Å². The zero-order valence-corrected chi connectivity index (χ0v) is 21.8. The number of carbonyl (C=O) groups is 2. The molecule has 32 heavy (non-hydrogen) atoms. The van der Waals surface area contributed by atoms with E-state index in [1.54, 1.807) is 0 Å². The number of hydrogen-bond acceptors (Lipinski definition) is 4. The van der Waals surface area contributed by atoms with Gasteiger partial charge in [0.15, 0.2) is 0 Å². The summed E-state index contributed by atoms with van der Waals surface area (Å²) in [6.07, 6.45) is 22.1. The van der Waals surface area contributed by atoms with Gasteiger partial charge in [0.05, 0.1) is 13.2 Å². The normalized spacial score (nSPS) is 12.0. The average molecular weight is 455 g/mol. The molecule has 4 nitrogen and oxygen atoms in total. The monoisotopic (exact) mass is 454 g/mol. The smallest absolute Gasteiger partial charge is 0.305 e. The Labute approximate surface area is 199 Å². The van der Waals surface area contributed by atoms with Crippen LogP contribution in [0.15, 0.2) is 0 Å². The lowest BCUT2D eigenvalue weighted by Gasteiger charge is -2.11. The second kappa shape index (κ2) is 24.6. The fourth-order valence-electron chi connectivity index (χ4n) is 3.91. The van der Waals surface area contributed by atoms with Crippen LogP contribution in [0, 0.1) is 5.92 Å². The van der Waals surface area contributed by atoms with Gasteiger partial charge in [-0.3, -0.25) is 9.59 Å². The number of esters is 2. The van der Waals surface area contributed by atoms with Crippen molar-refractivity contribution < 1.29 is 19.1 Å². The fourth-order valence-corrected chi connectivity index (χ4v) is 3.91. The number of hydrogen-bond donors (Lipinski definition) is 0. The van der Waals surface area contributed by atoms with Crippen LogP contribution in [0.1, 0.15) is 149 Å². The molecule has 0 spiro atoms. The Kier molecular flexibility index (Phi) is 23.8. The highest BCUT2D eigenvalue weighted by molar-refractivity contribution is 5.69. The lowest BCUT2D eigenvalue weighted by atomic mass is 9.97. The topological polar surface area (TPSA) is 52.6 Å². The molecule has 0 heterocycles. The van der Waals surface area contributed by atoms with Crippen molar-refractivity contribution in [3.63, 3.8) is 0 Å². The number of carbonyl (C=O) groups excluding carboxylic acids is 2. The first kappa shape index (κ1) is 30.9. The molecule has 190 valence electrons. The number of ether oxygens (including phenoxy) is 2. The van der Waals surface area contributed by atoms with Crippen LogP contribution < -0.4 is 0 Å². The molecular formula is C28H54O4. The van der Waals surface area contributed by atoms with Crippen LogP contribution in [-0.4, -0.2) is 25.2 Å². The Hall–Kier alpha value is -1.06. The molecule has 4 heteroatoms. The Morgan fingerprint density at radius 1 is 0.531 bits per heavy atom. The molecule has 0 saturated carbocycles. The highest BCUT2D eigenvalue weighted by atomic mass is 16.5. The summed E-state index contributed by atoms with van der Waals surface area (Å²) in [5.74, 6) is 0.538. The maximum absolute atomic E-state index is 11.8. The molecule has 0 aliphatic rings. The summed E-state index contributed by atoms with van der Waals surface area (Å²) in [7, 11) is 0. The molecule has 0 bridgehead atoms. The van der Waals surface area contributed by atoms with Crippen LogP contribution in [0.25, 0.3) is 0 Å². The third-order valence-corrected chi connectivity index (χ3v) is 6.19. The van der Waals surface area contributed by atoms with Crippen molar-refractivity contribution in [3.8, 4) is 0 Å². The molecule has 0 aromatic rings. The van der Waals surface area contributed by atoms with E-state index in [9.17, 15) is 9.59 Å². The molecule has 0 saturated heterocycles. The van der Waals surface area contributed by atoms with Gasteiger partial charge in [0, 0.05) is 12.8 Å². The van der Waals surface area contributed by atoms with E-state index in [1.807, 2.05) is 0 Å². The van der Waals surface area contributed by atoms with E-state index < -0.39 is 0 Å². The fraction of sp³-hybridized carbons (Fsp3) is 0.929. The molecule has 1 unspecified atom stereocenters. The molecule has 1 atom stereocenters. The maximum atomic E-state index is 11.8. The molecule has 0 aromatic carbocycles. The predicted molar refractivity (Wildman–Crippen MR) is 135 cm³/mol. The lowest BCUT2D eigenvalue weighted by Crippen LogP contribution is -2.08. The minimum absolute atomic E-state index is 0.0238. The van der Waals surface area contributed by atoms with Crippen molar-refractivity contribution in [1.29, 1.82) is 0 Å². The van der Waals surface area contributed by atoms with Gasteiger partial charge in [0.25, 0.3) is 0 Å². The molecule has 0 fully saturated rings. The first-order chi connectivity index (χ1) is 15.6. The van der Waals surface area contributed by atoms with Crippen LogP contribution in [0.2, 0.25) is 0 Å². The summed E-state index contributed by atoms with van der Waals surface area (Å²) in [5, 5.41) is 0. The largest absolute Gasteiger partial charge is 0.466 e. The van der Waals surface area contributed by atoms with Crippen LogP contribution in [0.4, 0.5) is 0 Å². The highest BCUT2D eigenvalue weighted by Crippen LogP contribution is 2.17. The van der Waals surface area contributed by atoms with Gasteiger partial charge < -0.3 is 9.47 Å². The van der Waals surface area contributed by atoms with Gasteiger partial charge in [-0.2, -0.15) is 0 Å². The Bertz CT molecular complexity index is 422. The molecule has 0 aliphatic heterocycles. The van der Waals surface area contributed by atoms with E-state index >= 15 is 0 Å². The second-order valence-electron chi connectivity index (χ2n) is 9.57. The second-order valence-corrected chi connectivity index (χ2v) is 9.57. The van der Waals surface area contributed by atoms with Crippen molar-refractivity contribution in [2.24, 2.45) is 5.92 Å². The molecular weight excluding hydrogens is 400 g/mol. The summed E-state index contributed by atoms with van der Waals surface area (Å²) in [6, 6.07) is 0. The summed E-state index contributed by atoms with van der Waals surface area (Å²) in [5.41, 5.74) is 0. The maximum Gasteiger partial charge on any atom is 0.305 e. The summed E-state index contributed by atoms with van der Waals surface area (Å²) in [6.45, 7) is 7.84. The standard InChI is InChI=1S/C28H54O4/c1-4-6-8-14-18-24-31-27(29)21-17-13-11-10-12-16-20-26(3)22-23-28(30)32-25-19-15-9-7-5-2/h26H,4-25H2,1-3H3. The van der Waals surface area contributed by atoms with E-state index in [1.165, 1.54) is 83.5 Å². The van der Waals surface area contributed by atoms with Gasteiger partial charge in [0.1, 0.15) is 0 Å². The SMILES string of the molecule is CCCCCCCOC(=O)CCCCCCCCC(C)CCC(=O)OCCCCCCC. The van der Waals surface area contributed by atoms with Gasteiger partial charge in [-0.25, -0.2) is 0 Å². The summed E-state index contributed by atoms with van der Waals surface area (Å²) < 4.78 is 10.6.